The lowest BCUT2D eigenvalue weighted by Gasteiger charge is -2.33. The molecule has 0 spiro atoms. The molecule has 2 saturated heterocycles. The van der Waals surface area contributed by atoms with Gasteiger partial charge in [-0.1, -0.05) is 27.2 Å². The van der Waals surface area contributed by atoms with Crippen molar-refractivity contribution >= 4 is 11.8 Å². The lowest BCUT2D eigenvalue weighted by molar-refractivity contribution is -0.136. The minimum absolute atomic E-state index is 0.0178. The van der Waals surface area contributed by atoms with Gasteiger partial charge < -0.3 is 15.3 Å². The third kappa shape index (κ3) is 6.46. The van der Waals surface area contributed by atoms with Crippen LogP contribution in [-0.4, -0.2) is 72.6 Å². The number of hydrogen-bond acceptors (Lipinski definition) is 4. The first-order valence-corrected chi connectivity index (χ1v) is 10.8. The molecule has 2 aliphatic heterocycles. The second-order valence-corrected chi connectivity index (χ2v) is 9.00. The van der Waals surface area contributed by atoms with Crippen LogP contribution in [0.4, 0.5) is 0 Å². The van der Waals surface area contributed by atoms with Crippen molar-refractivity contribution in [3.63, 3.8) is 0 Å². The molecule has 0 saturated carbocycles. The molecule has 2 N–H and O–H groups in total. The highest BCUT2D eigenvalue weighted by Crippen LogP contribution is 2.34. The lowest BCUT2D eigenvalue weighted by atomic mass is 9.83. The van der Waals surface area contributed by atoms with Crippen LogP contribution in [0.25, 0.3) is 0 Å². The quantitative estimate of drug-likeness (QED) is 0.640. The summed E-state index contributed by atoms with van der Waals surface area (Å²) in [6.45, 7) is 10.9. The summed E-state index contributed by atoms with van der Waals surface area (Å²) < 4.78 is 0. The molecule has 2 heterocycles. The Hall–Kier alpha value is -1.14. The monoisotopic (exact) mass is 381 g/mol. The maximum absolute atomic E-state index is 12.7. The maximum Gasteiger partial charge on any atom is 0.236 e. The van der Waals surface area contributed by atoms with Gasteiger partial charge in [-0.15, -0.1) is 0 Å². The second kappa shape index (κ2) is 10.4. The van der Waals surface area contributed by atoms with Gasteiger partial charge in [-0.05, 0) is 44.6 Å². The van der Waals surface area contributed by atoms with Crippen LogP contribution in [0.15, 0.2) is 0 Å². The molecular formula is C21H39N3O3. The number of piperidine rings is 1. The molecule has 6 nitrogen and oxygen atoms in total. The predicted octanol–water partition coefficient (Wildman–Crippen LogP) is 1.87. The molecule has 2 amide bonds. The van der Waals surface area contributed by atoms with Gasteiger partial charge in [0.15, 0.2) is 0 Å². The van der Waals surface area contributed by atoms with Crippen LogP contribution in [0.2, 0.25) is 0 Å². The van der Waals surface area contributed by atoms with Crippen molar-refractivity contribution < 1.29 is 14.7 Å². The predicted molar refractivity (Wildman–Crippen MR) is 107 cm³/mol. The van der Waals surface area contributed by atoms with Gasteiger partial charge in [0.25, 0.3) is 0 Å². The van der Waals surface area contributed by atoms with Crippen molar-refractivity contribution in [2.75, 3.05) is 45.9 Å². The van der Waals surface area contributed by atoms with Crippen LogP contribution in [0.3, 0.4) is 0 Å². The van der Waals surface area contributed by atoms with Crippen LogP contribution in [0.5, 0.6) is 0 Å². The van der Waals surface area contributed by atoms with E-state index in [1.165, 1.54) is 0 Å². The first-order chi connectivity index (χ1) is 12.9. The lowest BCUT2D eigenvalue weighted by Crippen LogP contribution is -2.46. The number of likely N-dealkylation sites (tertiary alicyclic amines) is 2. The fourth-order valence-corrected chi connectivity index (χ4v) is 4.42. The molecule has 0 aromatic carbocycles. The second-order valence-electron chi connectivity index (χ2n) is 9.00. The van der Waals surface area contributed by atoms with E-state index in [-0.39, 0.29) is 29.8 Å². The van der Waals surface area contributed by atoms with E-state index >= 15 is 0 Å². The van der Waals surface area contributed by atoms with E-state index in [2.05, 4.69) is 31.0 Å². The van der Waals surface area contributed by atoms with Gasteiger partial charge in [0.2, 0.25) is 11.8 Å². The first kappa shape index (κ1) is 22.2. The minimum atomic E-state index is -0.0178. The topological polar surface area (TPSA) is 72.9 Å². The zero-order valence-electron chi connectivity index (χ0n) is 17.5. The van der Waals surface area contributed by atoms with Gasteiger partial charge in [0, 0.05) is 44.1 Å². The summed E-state index contributed by atoms with van der Waals surface area (Å²) in [5, 5.41) is 12.8. The van der Waals surface area contributed by atoms with E-state index in [1.807, 2.05) is 4.90 Å². The summed E-state index contributed by atoms with van der Waals surface area (Å²) in [6, 6.07) is 0. The zero-order valence-corrected chi connectivity index (χ0v) is 17.5. The van der Waals surface area contributed by atoms with Gasteiger partial charge in [0.1, 0.15) is 0 Å². The summed E-state index contributed by atoms with van der Waals surface area (Å²) in [5.74, 6) is 0.949. The SMILES string of the molecule is CCCC1(CO)CCN(CC(=O)N2CCC(C(=O)NCCC(C)C)CC2)C1. The van der Waals surface area contributed by atoms with Crippen LogP contribution in [0, 0.1) is 17.3 Å². The van der Waals surface area contributed by atoms with Crippen molar-refractivity contribution in [2.45, 2.75) is 59.3 Å². The van der Waals surface area contributed by atoms with Crippen molar-refractivity contribution in [1.82, 2.24) is 15.1 Å². The molecule has 1 unspecified atom stereocenters. The average molecular weight is 382 g/mol. The summed E-state index contributed by atoms with van der Waals surface area (Å²) >= 11 is 0. The smallest absolute Gasteiger partial charge is 0.236 e. The fraction of sp³-hybridized carbons (Fsp3) is 0.905. The Morgan fingerprint density at radius 3 is 2.52 bits per heavy atom. The first-order valence-electron chi connectivity index (χ1n) is 10.8. The number of aliphatic hydroxyl groups is 1. The van der Waals surface area contributed by atoms with Gasteiger partial charge in [0.05, 0.1) is 6.54 Å². The van der Waals surface area contributed by atoms with E-state index in [4.69, 9.17) is 0 Å². The Morgan fingerprint density at radius 1 is 1.22 bits per heavy atom. The van der Waals surface area contributed by atoms with Gasteiger partial charge >= 0.3 is 0 Å². The Balaban J connectivity index is 1.71. The highest BCUT2D eigenvalue weighted by atomic mass is 16.3. The molecule has 6 heteroatoms. The van der Waals surface area contributed by atoms with Crippen molar-refractivity contribution in [3.8, 4) is 0 Å². The molecule has 1 atom stereocenters. The number of amides is 2. The molecule has 0 aromatic rings. The Morgan fingerprint density at radius 2 is 1.93 bits per heavy atom. The molecule has 0 aromatic heterocycles. The zero-order chi connectivity index (χ0) is 19.9. The van der Waals surface area contributed by atoms with E-state index in [9.17, 15) is 14.7 Å². The molecule has 27 heavy (non-hydrogen) atoms. The molecule has 0 radical (unpaired) electrons. The fourth-order valence-electron chi connectivity index (χ4n) is 4.42. The molecule has 2 rings (SSSR count). The van der Waals surface area contributed by atoms with Gasteiger partial charge in [-0.2, -0.15) is 0 Å². The summed E-state index contributed by atoms with van der Waals surface area (Å²) in [4.78, 5) is 29.0. The highest BCUT2D eigenvalue weighted by Gasteiger charge is 2.38. The largest absolute Gasteiger partial charge is 0.396 e. The van der Waals surface area contributed by atoms with E-state index in [0.717, 1.165) is 58.2 Å². The Labute approximate surface area is 164 Å². The van der Waals surface area contributed by atoms with Gasteiger partial charge in [-0.25, -0.2) is 0 Å². The summed E-state index contributed by atoms with van der Waals surface area (Å²) in [5.41, 5.74) is -0.0178. The number of hydrogen-bond donors (Lipinski definition) is 2. The molecule has 2 fully saturated rings. The van der Waals surface area contributed by atoms with Crippen LogP contribution in [0.1, 0.15) is 59.3 Å². The molecule has 2 aliphatic rings. The normalized spacial score (nSPS) is 24.6. The van der Waals surface area contributed by atoms with E-state index in [0.29, 0.717) is 25.6 Å². The number of rotatable bonds is 9. The number of carbonyl (C=O) groups excluding carboxylic acids is 2. The summed E-state index contributed by atoms with van der Waals surface area (Å²) in [6.07, 6.45) is 5.58. The number of carbonyl (C=O) groups is 2. The average Bonchev–Trinajstić information content (AvgIpc) is 3.05. The Kier molecular flexibility index (Phi) is 8.55. The third-order valence-corrected chi connectivity index (χ3v) is 6.23. The molecule has 0 bridgehead atoms. The molecule has 156 valence electrons. The van der Waals surface area contributed by atoms with Crippen LogP contribution < -0.4 is 5.32 Å². The van der Waals surface area contributed by atoms with Crippen molar-refractivity contribution in [2.24, 2.45) is 17.3 Å². The van der Waals surface area contributed by atoms with Gasteiger partial charge in [-0.3, -0.25) is 14.5 Å². The third-order valence-electron chi connectivity index (χ3n) is 6.23. The minimum Gasteiger partial charge on any atom is -0.396 e. The van der Waals surface area contributed by atoms with Crippen molar-refractivity contribution in [3.05, 3.63) is 0 Å². The Bertz CT molecular complexity index is 489. The highest BCUT2D eigenvalue weighted by molar-refractivity contribution is 5.80. The van der Waals surface area contributed by atoms with Crippen LogP contribution >= 0.6 is 0 Å². The van der Waals surface area contributed by atoms with E-state index in [1.54, 1.807) is 0 Å². The number of aliphatic hydroxyl groups excluding tert-OH is 1. The standard InChI is InChI=1S/C21H39N3O3/c1-4-8-21(16-25)9-13-23(15-21)14-19(26)24-11-6-18(7-12-24)20(27)22-10-5-17(2)3/h17-18,25H,4-16H2,1-3H3,(H,22,27). The molecular weight excluding hydrogens is 342 g/mol. The maximum atomic E-state index is 12.7. The number of nitrogens with zero attached hydrogens (tertiary/aromatic N) is 2. The number of nitrogens with one attached hydrogen (secondary N) is 1. The van der Waals surface area contributed by atoms with Crippen molar-refractivity contribution in [1.29, 1.82) is 0 Å². The molecule has 0 aliphatic carbocycles. The van der Waals surface area contributed by atoms with E-state index < -0.39 is 0 Å². The van der Waals surface area contributed by atoms with Crippen LogP contribution in [-0.2, 0) is 9.59 Å². The summed E-state index contributed by atoms with van der Waals surface area (Å²) in [7, 11) is 0.